The van der Waals surface area contributed by atoms with E-state index in [0.29, 0.717) is 10.7 Å². The molecule has 4 rings (SSSR count). The van der Waals surface area contributed by atoms with Crippen LogP contribution in [0.4, 0.5) is 0 Å². The maximum Gasteiger partial charge on any atom is 0.131 e. The molecule has 1 aliphatic rings. The topological polar surface area (TPSA) is 46.5 Å². The van der Waals surface area contributed by atoms with Crippen LogP contribution >= 0.6 is 11.6 Å². The second-order valence-corrected chi connectivity index (χ2v) is 5.71. The highest BCUT2D eigenvalue weighted by molar-refractivity contribution is 6.36. The highest BCUT2D eigenvalue weighted by Gasteiger charge is 2.23. The summed E-state index contributed by atoms with van der Waals surface area (Å²) in [4.78, 5) is 8.11. The van der Waals surface area contributed by atoms with Gasteiger partial charge in [0.15, 0.2) is 0 Å². The van der Waals surface area contributed by atoms with E-state index in [2.05, 4.69) is 37.7 Å². The first-order valence-corrected chi connectivity index (χ1v) is 7.34. The average Bonchev–Trinajstić information content (AvgIpc) is 3.30. The lowest BCUT2D eigenvalue weighted by Crippen LogP contribution is -2.12. The molecular formula is C16H13ClN4. The Morgan fingerprint density at radius 2 is 2.19 bits per heavy atom. The zero-order valence-corrected chi connectivity index (χ0v) is 12.1. The van der Waals surface area contributed by atoms with Crippen LogP contribution in [-0.2, 0) is 6.54 Å². The van der Waals surface area contributed by atoms with Gasteiger partial charge in [0, 0.05) is 24.5 Å². The zero-order valence-electron chi connectivity index (χ0n) is 11.3. The third-order valence-corrected chi connectivity index (χ3v) is 4.08. The van der Waals surface area contributed by atoms with E-state index in [9.17, 15) is 0 Å². The second-order valence-electron chi connectivity index (χ2n) is 5.33. The number of halogens is 1. The predicted molar refractivity (Wildman–Crippen MR) is 82.0 cm³/mol. The highest BCUT2D eigenvalue weighted by atomic mass is 35.5. The third-order valence-electron chi connectivity index (χ3n) is 3.68. The van der Waals surface area contributed by atoms with E-state index in [-0.39, 0.29) is 0 Å². The fourth-order valence-electron chi connectivity index (χ4n) is 2.33. The van der Waals surface area contributed by atoms with Gasteiger partial charge in [-0.15, -0.1) is 0 Å². The van der Waals surface area contributed by atoms with Crippen LogP contribution in [0, 0.1) is 17.8 Å². The molecule has 1 fully saturated rings. The lowest BCUT2D eigenvalue weighted by atomic mass is 10.1. The Labute approximate surface area is 127 Å². The standard InChI is InChI=1S/C16H13ClN4/c17-15-12(3-5-13-9-18-7-8-19-13)4-6-14-16(15)20-21(14)10-11-1-2-11/h4,6-9,11,20H,1-2,10H2. The molecule has 0 spiro atoms. The Hall–Kier alpha value is -2.25. The van der Waals surface area contributed by atoms with Gasteiger partial charge in [0.05, 0.1) is 22.3 Å². The normalized spacial score (nSPS) is 14.1. The van der Waals surface area contributed by atoms with Crippen LogP contribution in [0.2, 0.25) is 5.02 Å². The fourth-order valence-corrected chi connectivity index (χ4v) is 2.58. The smallest absolute Gasteiger partial charge is 0.131 e. The summed E-state index contributed by atoms with van der Waals surface area (Å²) in [5.74, 6) is 6.87. The molecule has 0 radical (unpaired) electrons. The van der Waals surface area contributed by atoms with Gasteiger partial charge in [0.25, 0.3) is 0 Å². The first-order chi connectivity index (χ1) is 10.3. The number of rotatable bonds is 2. The first kappa shape index (κ1) is 12.5. The Bertz CT molecular complexity index is 847. The zero-order chi connectivity index (χ0) is 14.2. The molecule has 104 valence electrons. The van der Waals surface area contributed by atoms with Gasteiger partial charge in [-0.3, -0.25) is 14.8 Å². The Morgan fingerprint density at radius 3 is 2.95 bits per heavy atom. The van der Waals surface area contributed by atoms with Crippen molar-refractivity contribution in [2.24, 2.45) is 5.92 Å². The van der Waals surface area contributed by atoms with Crippen LogP contribution in [0.25, 0.3) is 11.0 Å². The maximum absolute atomic E-state index is 6.41. The molecule has 1 aliphatic carbocycles. The van der Waals surface area contributed by atoms with Crippen molar-refractivity contribution in [1.29, 1.82) is 0 Å². The van der Waals surface area contributed by atoms with Crippen molar-refractivity contribution in [3.8, 4) is 11.8 Å². The molecule has 0 unspecified atom stereocenters. The number of H-pyrrole nitrogens is 1. The number of benzene rings is 1. The van der Waals surface area contributed by atoms with E-state index < -0.39 is 0 Å². The monoisotopic (exact) mass is 296 g/mol. The van der Waals surface area contributed by atoms with Crippen LogP contribution in [-0.4, -0.2) is 19.7 Å². The summed E-state index contributed by atoms with van der Waals surface area (Å²) in [5, 5.41) is 3.98. The van der Waals surface area contributed by atoms with E-state index in [1.165, 1.54) is 12.8 Å². The minimum absolute atomic E-state index is 0.638. The number of nitrogens with zero attached hydrogens (tertiary/aromatic N) is 3. The molecule has 0 amide bonds. The summed E-state index contributed by atoms with van der Waals surface area (Å²) in [6.45, 7) is 1.06. The molecule has 1 saturated carbocycles. The molecule has 5 heteroatoms. The minimum Gasteiger partial charge on any atom is -0.295 e. The van der Waals surface area contributed by atoms with Crippen molar-refractivity contribution in [2.75, 3.05) is 0 Å². The van der Waals surface area contributed by atoms with Gasteiger partial charge in [0.2, 0.25) is 0 Å². The summed E-state index contributed by atoms with van der Waals surface area (Å²) in [5.41, 5.74) is 3.58. The second kappa shape index (κ2) is 4.94. The lowest BCUT2D eigenvalue weighted by Gasteiger charge is -2.17. The number of nitrogens with one attached hydrogen (secondary N) is 1. The molecule has 1 aromatic carbocycles. The Balaban J connectivity index is 1.64. The van der Waals surface area contributed by atoms with Crippen molar-refractivity contribution in [2.45, 2.75) is 19.4 Å². The van der Waals surface area contributed by atoms with E-state index in [4.69, 9.17) is 11.6 Å². The largest absolute Gasteiger partial charge is 0.295 e. The van der Waals surface area contributed by atoms with Gasteiger partial charge in [-0.1, -0.05) is 17.5 Å². The van der Waals surface area contributed by atoms with E-state index >= 15 is 0 Å². The molecule has 4 nitrogen and oxygen atoms in total. The number of hydrogen-bond donors (Lipinski definition) is 1. The van der Waals surface area contributed by atoms with Crippen LogP contribution in [0.5, 0.6) is 0 Å². The lowest BCUT2D eigenvalue weighted by molar-refractivity contribution is 0.563. The van der Waals surface area contributed by atoms with Crippen molar-refractivity contribution in [3.63, 3.8) is 0 Å². The molecule has 2 aromatic heterocycles. The van der Waals surface area contributed by atoms with E-state index in [1.54, 1.807) is 18.6 Å². The van der Waals surface area contributed by atoms with Crippen LogP contribution in [0.15, 0.2) is 30.7 Å². The number of aromatic nitrogens is 4. The maximum atomic E-state index is 6.41. The predicted octanol–water partition coefficient (Wildman–Crippen LogP) is 3.22. The van der Waals surface area contributed by atoms with Gasteiger partial charge in [0.1, 0.15) is 5.69 Å². The summed E-state index contributed by atoms with van der Waals surface area (Å²) < 4.78 is 2.17. The molecule has 2 heterocycles. The molecule has 0 bridgehead atoms. The number of aromatic amines is 1. The summed E-state index contributed by atoms with van der Waals surface area (Å²) >= 11 is 6.41. The first-order valence-electron chi connectivity index (χ1n) is 6.96. The average molecular weight is 297 g/mol. The molecule has 3 aromatic rings. The molecular weight excluding hydrogens is 284 g/mol. The molecule has 0 aliphatic heterocycles. The van der Waals surface area contributed by atoms with Crippen LogP contribution in [0.3, 0.4) is 0 Å². The van der Waals surface area contributed by atoms with E-state index in [0.717, 1.165) is 29.1 Å². The Kier molecular flexibility index (Phi) is 2.94. The molecule has 1 N–H and O–H groups in total. The van der Waals surface area contributed by atoms with E-state index in [1.807, 2.05) is 6.07 Å². The van der Waals surface area contributed by atoms with Gasteiger partial charge >= 0.3 is 0 Å². The Morgan fingerprint density at radius 1 is 1.29 bits per heavy atom. The quantitative estimate of drug-likeness (QED) is 0.738. The molecule has 0 atom stereocenters. The van der Waals surface area contributed by atoms with Crippen molar-refractivity contribution >= 4 is 22.6 Å². The minimum atomic E-state index is 0.638. The summed E-state index contributed by atoms with van der Waals surface area (Å²) in [6.07, 6.45) is 7.56. The molecule has 0 saturated heterocycles. The van der Waals surface area contributed by atoms with Crippen molar-refractivity contribution in [1.82, 2.24) is 19.7 Å². The third kappa shape index (κ3) is 2.41. The van der Waals surface area contributed by atoms with Gasteiger partial charge in [-0.25, -0.2) is 4.98 Å². The fraction of sp³-hybridized carbons (Fsp3) is 0.250. The van der Waals surface area contributed by atoms with Crippen molar-refractivity contribution < 1.29 is 0 Å². The van der Waals surface area contributed by atoms with Crippen molar-refractivity contribution in [3.05, 3.63) is 47.0 Å². The molecule has 21 heavy (non-hydrogen) atoms. The highest BCUT2D eigenvalue weighted by Crippen LogP contribution is 2.34. The summed E-state index contributed by atoms with van der Waals surface area (Å²) in [7, 11) is 0. The van der Waals surface area contributed by atoms with Gasteiger partial charge < -0.3 is 0 Å². The number of fused-ring (bicyclic) bond motifs is 1. The SMILES string of the molecule is Clc1c(C#Cc2cnccn2)ccc2c1[nH]n2CC1CC1. The summed E-state index contributed by atoms with van der Waals surface area (Å²) in [6, 6.07) is 4.03. The van der Waals surface area contributed by atoms with Crippen LogP contribution < -0.4 is 0 Å². The number of hydrogen-bond acceptors (Lipinski definition) is 2. The van der Waals surface area contributed by atoms with Gasteiger partial charge in [-0.05, 0) is 36.8 Å². The van der Waals surface area contributed by atoms with Gasteiger partial charge in [-0.2, -0.15) is 0 Å². The van der Waals surface area contributed by atoms with Crippen LogP contribution in [0.1, 0.15) is 24.1 Å².